The molecule has 0 radical (unpaired) electrons. The Labute approximate surface area is 131 Å². The van der Waals surface area contributed by atoms with Crippen molar-refractivity contribution in [3.63, 3.8) is 0 Å². The van der Waals surface area contributed by atoms with Crippen LogP contribution >= 0.6 is 0 Å². The zero-order valence-electron chi connectivity index (χ0n) is 12.5. The second kappa shape index (κ2) is 5.48. The minimum atomic E-state index is 0.579. The first-order valence-electron chi connectivity index (χ1n) is 7.15. The summed E-state index contributed by atoms with van der Waals surface area (Å²) in [6, 6.07) is 7.72. The maximum absolute atomic E-state index is 4.26. The molecule has 0 spiro atoms. The molecular formula is C15H14N8. The third kappa shape index (κ3) is 2.61. The van der Waals surface area contributed by atoms with Crippen LogP contribution in [0.15, 0.2) is 49.3 Å². The number of nitrogens with one attached hydrogen (secondary N) is 1. The Kier molecular flexibility index (Phi) is 3.19. The van der Waals surface area contributed by atoms with Gasteiger partial charge in [-0.25, -0.2) is 24.1 Å². The van der Waals surface area contributed by atoms with Gasteiger partial charge in [-0.15, -0.1) is 0 Å². The standard InChI is InChI=1S/C15H14N8/c1-11-6-20-22(8-11)15-5-13(17-9-18-15)16-7-12-3-2-4-14-19-10-21-23(12)14/h2-6,8-10H,7H2,1H3,(H,16,17,18). The average molecular weight is 306 g/mol. The Morgan fingerprint density at radius 3 is 2.91 bits per heavy atom. The number of aromatic nitrogens is 7. The van der Waals surface area contributed by atoms with E-state index in [0.29, 0.717) is 6.54 Å². The first kappa shape index (κ1) is 13.4. The predicted octanol–water partition coefficient (Wildman–Crippen LogP) is 1.63. The summed E-state index contributed by atoms with van der Waals surface area (Å²) < 4.78 is 3.52. The summed E-state index contributed by atoms with van der Waals surface area (Å²) in [6.45, 7) is 2.57. The molecule has 8 nitrogen and oxygen atoms in total. The van der Waals surface area contributed by atoms with Crippen molar-refractivity contribution in [1.29, 1.82) is 0 Å². The molecule has 1 N–H and O–H groups in total. The van der Waals surface area contributed by atoms with E-state index >= 15 is 0 Å². The summed E-state index contributed by atoms with van der Waals surface area (Å²) in [5.74, 6) is 1.44. The van der Waals surface area contributed by atoms with Gasteiger partial charge in [-0.05, 0) is 24.6 Å². The molecule has 0 fully saturated rings. The lowest BCUT2D eigenvalue weighted by molar-refractivity contribution is 0.835. The monoisotopic (exact) mass is 306 g/mol. The number of aryl methyl sites for hydroxylation is 1. The highest BCUT2D eigenvalue weighted by Gasteiger charge is 2.05. The minimum absolute atomic E-state index is 0.579. The molecule has 4 rings (SSSR count). The van der Waals surface area contributed by atoms with Gasteiger partial charge in [0.2, 0.25) is 0 Å². The lowest BCUT2D eigenvalue weighted by Crippen LogP contribution is -2.08. The third-order valence-corrected chi connectivity index (χ3v) is 3.43. The molecule has 0 saturated carbocycles. The van der Waals surface area contributed by atoms with Crippen LogP contribution in [0.25, 0.3) is 11.5 Å². The molecule has 0 aliphatic rings. The Bertz CT molecular complexity index is 955. The van der Waals surface area contributed by atoms with Gasteiger partial charge in [0.1, 0.15) is 18.5 Å². The maximum atomic E-state index is 4.26. The van der Waals surface area contributed by atoms with Crippen LogP contribution in [0.2, 0.25) is 0 Å². The van der Waals surface area contributed by atoms with E-state index in [9.17, 15) is 0 Å². The molecule has 0 amide bonds. The minimum Gasteiger partial charge on any atom is -0.364 e. The van der Waals surface area contributed by atoms with Crippen molar-refractivity contribution in [2.45, 2.75) is 13.5 Å². The SMILES string of the molecule is Cc1cnn(-c2cc(NCc3cccc4ncnn34)ncn2)c1. The normalized spacial score (nSPS) is 11.0. The smallest absolute Gasteiger partial charge is 0.158 e. The van der Waals surface area contributed by atoms with Crippen LogP contribution in [0.3, 0.4) is 0 Å². The van der Waals surface area contributed by atoms with Crippen LogP contribution in [0.5, 0.6) is 0 Å². The third-order valence-electron chi connectivity index (χ3n) is 3.43. The van der Waals surface area contributed by atoms with E-state index in [4.69, 9.17) is 0 Å². The van der Waals surface area contributed by atoms with Gasteiger partial charge in [0.05, 0.1) is 18.4 Å². The van der Waals surface area contributed by atoms with Gasteiger partial charge in [-0.2, -0.15) is 10.2 Å². The maximum Gasteiger partial charge on any atom is 0.158 e. The molecule has 4 aromatic heterocycles. The van der Waals surface area contributed by atoms with E-state index < -0.39 is 0 Å². The van der Waals surface area contributed by atoms with Crippen LogP contribution < -0.4 is 5.32 Å². The molecule has 0 aliphatic carbocycles. The number of pyridine rings is 1. The Balaban J connectivity index is 1.56. The van der Waals surface area contributed by atoms with Crippen molar-refractivity contribution in [2.24, 2.45) is 0 Å². The van der Waals surface area contributed by atoms with Gasteiger partial charge in [-0.1, -0.05) is 6.07 Å². The van der Waals surface area contributed by atoms with Crippen molar-refractivity contribution in [1.82, 2.24) is 34.3 Å². The summed E-state index contributed by atoms with van der Waals surface area (Å²) in [4.78, 5) is 12.7. The molecular weight excluding hydrogens is 292 g/mol. The van der Waals surface area contributed by atoms with Crippen LogP contribution in [-0.2, 0) is 6.54 Å². The molecule has 0 unspecified atom stereocenters. The highest BCUT2D eigenvalue weighted by Crippen LogP contribution is 2.11. The van der Waals surface area contributed by atoms with Crippen molar-refractivity contribution in [3.8, 4) is 5.82 Å². The summed E-state index contributed by atoms with van der Waals surface area (Å²) in [5.41, 5.74) is 2.89. The molecule has 4 heterocycles. The van der Waals surface area contributed by atoms with Gasteiger partial charge in [0.15, 0.2) is 11.5 Å². The van der Waals surface area contributed by atoms with E-state index in [1.165, 1.54) is 6.33 Å². The molecule has 0 aliphatic heterocycles. The van der Waals surface area contributed by atoms with Crippen molar-refractivity contribution in [2.75, 3.05) is 5.32 Å². The highest BCUT2D eigenvalue weighted by atomic mass is 15.3. The van der Waals surface area contributed by atoms with Gasteiger partial charge in [-0.3, -0.25) is 0 Å². The molecule has 23 heavy (non-hydrogen) atoms. The zero-order valence-corrected chi connectivity index (χ0v) is 12.5. The van der Waals surface area contributed by atoms with Crippen LogP contribution in [0, 0.1) is 6.92 Å². The molecule has 4 aromatic rings. The van der Waals surface area contributed by atoms with Gasteiger partial charge in [0.25, 0.3) is 0 Å². The molecule has 0 saturated heterocycles. The predicted molar refractivity (Wildman–Crippen MR) is 84.2 cm³/mol. The fourth-order valence-electron chi connectivity index (χ4n) is 2.32. The Hall–Kier alpha value is -3.29. The van der Waals surface area contributed by atoms with Gasteiger partial charge >= 0.3 is 0 Å². The number of anilines is 1. The van der Waals surface area contributed by atoms with Crippen molar-refractivity contribution < 1.29 is 0 Å². The van der Waals surface area contributed by atoms with Crippen LogP contribution in [0.4, 0.5) is 5.82 Å². The molecule has 8 heteroatoms. The fourth-order valence-corrected chi connectivity index (χ4v) is 2.32. The van der Waals surface area contributed by atoms with Crippen LogP contribution in [-0.4, -0.2) is 34.3 Å². The van der Waals surface area contributed by atoms with E-state index in [2.05, 4.69) is 30.5 Å². The largest absolute Gasteiger partial charge is 0.364 e. The van der Waals surface area contributed by atoms with Crippen molar-refractivity contribution in [3.05, 3.63) is 60.6 Å². The van der Waals surface area contributed by atoms with Gasteiger partial charge in [0, 0.05) is 12.3 Å². The number of nitrogens with zero attached hydrogens (tertiary/aromatic N) is 7. The Morgan fingerprint density at radius 1 is 1.09 bits per heavy atom. The topological polar surface area (TPSA) is 85.8 Å². The number of fused-ring (bicyclic) bond motifs is 1. The van der Waals surface area contributed by atoms with E-state index in [0.717, 1.165) is 28.5 Å². The summed E-state index contributed by atoms with van der Waals surface area (Å²) >= 11 is 0. The zero-order chi connectivity index (χ0) is 15.6. The summed E-state index contributed by atoms with van der Waals surface area (Å²) in [6.07, 6.45) is 6.77. The second-order valence-electron chi connectivity index (χ2n) is 5.12. The van der Waals surface area contributed by atoms with Crippen LogP contribution in [0.1, 0.15) is 11.3 Å². The average Bonchev–Trinajstić information content (AvgIpc) is 3.22. The number of rotatable bonds is 4. The fraction of sp³-hybridized carbons (Fsp3) is 0.133. The summed E-state index contributed by atoms with van der Waals surface area (Å²) in [5, 5.41) is 11.8. The summed E-state index contributed by atoms with van der Waals surface area (Å²) in [7, 11) is 0. The molecule has 0 aromatic carbocycles. The lowest BCUT2D eigenvalue weighted by Gasteiger charge is -2.08. The van der Waals surface area contributed by atoms with Crippen molar-refractivity contribution >= 4 is 11.5 Å². The second-order valence-corrected chi connectivity index (χ2v) is 5.12. The first-order valence-corrected chi connectivity index (χ1v) is 7.15. The molecule has 0 atom stereocenters. The number of hydrogen-bond acceptors (Lipinski definition) is 6. The lowest BCUT2D eigenvalue weighted by atomic mass is 10.3. The Morgan fingerprint density at radius 2 is 2.04 bits per heavy atom. The van der Waals surface area contributed by atoms with E-state index in [-0.39, 0.29) is 0 Å². The molecule has 0 bridgehead atoms. The van der Waals surface area contributed by atoms with E-state index in [1.807, 2.05) is 37.4 Å². The quantitative estimate of drug-likeness (QED) is 0.616. The number of hydrogen-bond donors (Lipinski definition) is 1. The van der Waals surface area contributed by atoms with E-state index in [1.54, 1.807) is 21.7 Å². The first-order chi connectivity index (χ1) is 11.3. The highest BCUT2D eigenvalue weighted by molar-refractivity contribution is 5.42. The van der Waals surface area contributed by atoms with Gasteiger partial charge < -0.3 is 5.32 Å². The molecule has 114 valence electrons.